The molecule has 2 aromatic heterocycles. The predicted molar refractivity (Wildman–Crippen MR) is 105 cm³/mol. The highest BCUT2D eigenvalue weighted by Crippen LogP contribution is 2.26. The summed E-state index contributed by atoms with van der Waals surface area (Å²) in [5.41, 5.74) is 1.84. The van der Waals surface area contributed by atoms with E-state index in [-0.39, 0.29) is 17.3 Å². The highest BCUT2D eigenvalue weighted by molar-refractivity contribution is 7.89. The van der Waals surface area contributed by atoms with Crippen molar-refractivity contribution in [2.24, 2.45) is 7.05 Å². The van der Waals surface area contributed by atoms with Crippen LogP contribution in [-0.2, 0) is 23.6 Å². The van der Waals surface area contributed by atoms with Gasteiger partial charge in [-0.05, 0) is 23.8 Å². The Morgan fingerprint density at radius 1 is 1.07 bits per heavy atom. The van der Waals surface area contributed by atoms with Crippen molar-refractivity contribution in [2.45, 2.75) is 11.4 Å². The molecule has 0 aliphatic heterocycles. The number of aromatic nitrogens is 3. The first-order chi connectivity index (χ1) is 13.3. The van der Waals surface area contributed by atoms with Gasteiger partial charge >= 0.3 is 0 Å². The Morgan fingerprint density at radius 3 is 2.36 bits per heavy atom. The van der Waals surface area contributed by atoms with Crippen molar-refractivity contribution in [3.8, 4) is 23.0 Å². The molecule has 148 valence electrons. The van der Waals surface area contributed by atoms with Gasteiger partial charge in [-0.15, -0.1) is 0 Å². The van der Waals surface area contributed by atoms with E-state index >= 15 is 0 Å². The van der Waals surface area contributed by atoms with Gasteiger partial charge in [-0.2, -0.15) is 4.31 Å². The van der Waals surface area contributed by atoms with Crippen molar-refractivity contribution < 1.29 is 17.9 Å². The maximum Gasteiger partial charge on any atom is 0.243 e. The van der Waals surface area contributed by atoms with E-state index in [9.17, 15) is 8.42 Å². The molecular weight excluding hydrogens is 380 g/mol. The van der Waals surface area contributed by atoms with Gasteiger partial charge in [0, 0.05) is 32.9 Å². The van der Waals surface area contributed by atoms with Gasteiger partial charge in [-0.3, -0.25) is 0 Å². The van der Waals surface area contributed by atoms with Crippen molar-refractivity contribution in [1.82, 2.24) is 18.8 Å². The van der Waals surface area contributed by atoms with Gasteiger partial charge in [0.15, 0.2) is 0 Å². The van der Waals surface area contributed by atoms with Crippen LogP contribution in [-0.4, -0.2) is 48.5 Å². The minimum atomic E-state index is -3.76. The first-order valence-electron chi connectivity index (χ1n) is 8.47. The number of ether oxygens (including phenoxy) is 2. The molecule has 0 unspecified atom stereocenters. The Balaban J connectivity index is 1.93. The van der Waals surface area contributed by atoms with Crippen LogP contribution in [0, 0.1) is 0 Å². The van der Waals surface area contributed by atoms with Crippen molar-refractivity contribution in [2.75, 3.05) is 21.3 Å². The highest BCUT2D eigenvalue weighted by Gasteiger charge is 2.23. The fraction of sp³-hybridized carbons (Fsp3) is 0.263. The number of rotatable bonds is 7. The van der Waals surface area contributed by atoms with Crippen LogP contribution in [0.25, 0.3) is 11.4 Å². The number of nitrogens with zero attached hydrogens (tertiary/aromatic N) is 4. The predicted octanol–water partition coefficient (Wildman–Crippen LogP) is 2.32. The number of benzene rings is 1. The molecule has 0 saturated carbocycles. The van der Waals surface area contributed by atoms with Crippen LogP contribution in [0.5, 0.6) is 11.6 Å². The van der Waals surface area contributed by atoms with E-state index in [0.29, 0.717) is 17.1 Å². The minimum Gasteiger partial charge on any atom is -0.497 e. The lowest BCUT2D eigenvalue weighted by atomic mass is 10.2. The van der Waals surface area contributed by atoms with Crippen LogP contribution in [0.4, 0.5) is 0 Å². The van der Waals surface area contributed by atoms with Crippen LogP contribution in [0.3, 0.4) is 0 Å². The Kier molecular flexibility index (Phi) is 5.66. The van der Waals surface area contributed by atoms with Gasteiger partial charge in [-0.1, -0.05) is 12.1 Å². The number of sulfonamides is 1. The number of pyridine rings is 1. The molecule has 0 spiro atoms. The minimum absolute atomic E-state index is 0.0935. The zero-order valence-corrected chi connectivity index (χ0v) is 17.0. The molecule has 0 aliphatic carbocycles. The molecule has 0 radical (unpaired) electrons. The molecule has 0 aliphatic rings. The maximum atomic E-state index is 13.1. The van der Waals surface area contributed by atoms with E-state index in [1.54, 1.807) is 36.3 Å². The van der Waals surface area contributed by atoms with E-state index in [4.69, 9.17) is 9.47 Å². The highest BCUT2D eigenvalue weighted by atomic mass is 32.2. The molecule has 0 bridgehead atoms. The summed E-state index contributed by atoms with van der Waals surface area (Å²) in [5.74, 6) is 0.924. The van der Waals surface area contributed by atoms with E-state index in [2.05, 4.69) is 9.97 Å². The summed E-state index contributed by atoms with van der Waals surface area (Å²) in [6, 6.07) is 10.2. The van der Waals surface area contributed by atoms with E-state index in [0.717, 1.165) is 5.56 Å². The molecule has 0 atom stereocenters. The van der Waals surface area contributed by atoms with Crippen molar-refractivity contribution in [3.05, 3.63) is 54.5 Å². The standard InChI is InChI=1S/C19H22N4O4S/c1-22-12-18(20-13-22)17-9-16(10-19(21-17)27-4)28(24,25)23(2)11-14-5-7-15(26-3)8-6-14/h5-10,12-13H,11H2,1-4H3. The second-order valence-corrected chi connectivity index (χ2v) is 8.31. The molecule has 0 fully saturated rings. The normalized spacial score (nSPS) is 11.6. The van der Waals surface area contributed by atoms with E-state index < -0.39 is 10.0 Å². The van der Waals surface area contributed by atoms with Gasteiger partial charge in [0.05, 0.1) is 31.1 Å². The first kappa shape index (κ1) is 19.8. The summed E-state index contributed by atoms with van der Waals surface area (Å²) in [6.45, 7) is 0.218. The molecule has 0 saturated heterocycles. The lowest BCUT2D eigenvalue weighted by Crippen LogP contribution is -2.26. The number of aryl methyl sites for hydroxylation is 1. The van der Waals surface area contributed by atoms with Crippen LogP contribution >= 0.6 is 0 Å². The van der Waals surface area contributed by atoms with Crippen molar-refractivity contribution in [1.29, 1.82) is 0 Å². The van der Waals surface area contributed by atoms with Gasteiger partial charge in [-0.25, -0.2) is 18.4 Å². The molecule has 0 N–H and O–H groups in total. The molecule has 8 nitrogen and oxygen atoms in total. The number of hydrogen-bond acceptors (Lipinski definition) is 6. The third-order valence-corrected chi connectivity index (χ3v) is 6.01. The molecule has 0 amide bonds. The number of hydrogen-bond donors (Lipinski definition) is 0. The van der Waals surface area contributed by atoms with Gasteiger partial charge in [0.2, 0.25) is 15.9 Å². The van der Waals surface area contributed by atoms with Crippen molar-refractivity contribution in [3.63, 3.8) is 0 Å². The Bertz CT molecular complexity index is 1060. The molecule has 1 aromatic carbocycles. The van der Waals surface area contributed by atoms with Gasteiger partial charge < -0.3 is 14.0 Å². The van der Waals surface area contributed by atoms with Gasteiger partial charge in [0.1, 0.15) is 11.4 Å². The Morgan fingerprint density at radius 2 is 1.79 bits per heavy atom. The molecule has 2 heterocycles. The molecular formula is C19H22N4O4S. The third-order valence-electron chi connectivity index (χ3n) is 4.22. The van der Waals surface area contributed by atoms with E-state index in [1.165, 1.54) is 30.6 Å². The summed E-state index contributed by atoms with van der Waals surface area (Å²) >= 11 is 0. The fourth-order valence-electron chi connectivity index (χ4n) is 2.66. The van der Waals surface area contributed by atoms with Gasteiger partial charge in [0.25, 0.3) is 0 Å². The lowest BCUT2D eigenvalue weighted by Gasteiger charge is -2.18. The van der Waals surface area contributed by atoms with Crippen LogP contribution in [0.2, 0.25) is 0 Å². The number of imidazole rings is 1. The van der Waals surface area contributed by atoms with Crippen LogP contribution in [0.1, 0.15) is 5.56 Å². The summed E-state index contributed by atoms with van der Waals surface area (Å²) < 4.78 is 39.6. The second-order valence-electron chi connectivity index (χ2n) is 6.26. The van der Waals surface area contributed by atoms with Crippen molar-refractivity contribution >= 4 is 10.0 Å². The SMILES string of the molecule is COc1ccc(CN(C)S(=O)(=O)c2cc(OC)nc(-c3cn(C)cn3)c2)cc1. The van der Waals surface area contributed by atoms with Crippen LogP contribution in [0.15, 0.2) is 53.8 Å². The zero-order chi connectivity index (χ0) is 20.3. The first-order valence-corrected chi connectivity index (χ1v) is 9.91. The monoisotopic (exact) mass is 402 g/mol. The molecule has 9 heteroatoms. The average molecular weight is 402 g/mol. The summed E-state index contributed by atoms with van der Waals surface area (Å²) in [5, 5.41) is 0. The van der Waals surface area contributed by atoms with Crippen LogP contribution < -0.4 is 9.47 Å². The zero-order valence-electron chi connectivity index (χ0n) is 16.2. The molecule has 28 heavy (non-hydrogen) atoms. The molecule has 3 rings (SSSR count). The summed E-state index contributed by atoms with van der Waals surface area (Å²) in [4.78, 5) is 8.65. The Labute approximate surface area is 164 Å². The smallest absolute Gasteiger partial charge is 0.243 e. The fourth-order valence-corrected chi connectivity index (χ4v) is 3.85. The lowest BCUT2D eigenvalue weighted by molar-refractivity contribution is 0.396. The quantitative estimate of drug-likeness (QED) is 0.603. The topological polar surface area (TPSA) is 86.5 Å². The second kappa shape index (κ2) is 7.99. The largest absolute Gasteiger partial charge is 0.497 e. The Hall–Kier alpha value is -2.91. The molecule has 3 aromatic rings. The third kappa shape index (κ3) is 4.15. The summed E-state index contributed by atoms with van der Waals surface area (Å²) in [7, 11) is 2.63. The summed E-state index contributed by atoms with van der Waals surface area (Å²) in [6.07, 6.45) is 3.39. The van der Waals surface area contributed by atoms with E-state index in [1.807, 2.05) is 19.2 Å². The average Bonchev–Trinajstić information content (AvgIpc) is 3.14. The number of methoxy groups -OCH3 is 2. The maximum absolute atomic E-state index is 13.1.